The molecule has 1 aromatic carbocycles. The van der Waals surface area contributed by atoms with Crippen LogP contribution in [0.2, 0.25) is 0 Å². The van der Waals surface area contributed by atoms with Gasteiger partial charge in [0.2, 0.25) is 0 Å². The molecular weight excluding hydrogens is 340 g/mol. The van der Waals surface area contributed by atoms with Crippen molar-refractivity contribution in [2.75, 3.05) is 6.61 Å². The maximum atomic E-state index is 12.8. The Morgan fingerprint density at radius 1 is 1.23 bits per heavy atom. The summed E-state index contributed by atoms with van der Waals surface area (Å²) in [5.41, 5.74) is 0.0872. The van der Waals surface area contributed by atoms with Gasteiger partial charge in [0, 0.05) is 19.4 Å². The second kappa shape index (κ2) is 7.55. The predicted molar refractivity (Wildman–Crippen MR) is 93.3 cm³/mol. The first kappa shape index (κ1) is 20.1. The summed E-state index contributed by atoms with van der Waals surface area (Å²) in [6.07, 6.45) is 1.31. The van der Waals surface area contributed by atoms with Crippen LogP contribution in [0.25, 0.3) is 0 Å². The number of carbonyl (C=O) groups excluding carboxylic acids is 2. The molecule has 0 saturated carbocycles. The largest absolute Gasteiger partial charge is 0.422 e. The monoisotopic (exact) mass is 364 g/mol. The summed E-state index contributed by atoms with van der Waals surface area (Å²) in [7, 11) is 0. The molecule has 0 spiro atoms. The number of fused-ring (bicyclic) bond motifs is 1. The average Bonchev–Trinajstić information content (AvgIpc) is 2.65. The topological polar surface area (TPSA) is 110 Å². The Balaban J connectivity index is 2.69. The van der Waals surface area contributed by atoms with Crippen molar-refractivity contribution in [2.45, 2.75) is 52.6 Å². The molecule has 0 aliphatic heterocycles. The maximum absolute atomic E-state index is 12.8. The highest BCUT2D eigenvalue weighted by molar-refractivity contribution is 5.72. The molecule has 0 bridgehead atoms. The molecule has 1 aliphatic carbocycles. The minimum absolute atomic E-state index is 0.140. The Morgan fingerprint density at radius 2 is 1.85 bits per heavy atom. The van der Waals surface area contributed by atoms with Gasteiger partial charge in [0.05, 0.1) is 12.2 Å². The van der Waals surface area contributed by atoms with Crippen LogP contribution in [0.5, 0.6) is 11.5 Å². The minimum Gasteiger partial charge on any atom is -0.422 e. The first-order valence-corrected chi connectivity index (χ1v) is 8.46. The molecule has 2 atom stereocenters. The highest BCUT2D eigenvalue weighted by Crippen LogP contribution is 2.37. The van der Waals surface area contributed by atoms with E-state index in [1.807, 2.05) is 0 Å². The fourth-order valence-electron chi connectivity index (χ4n) is 3.33. The molecule has 2 rings (SSSR count). The van der Waals surface area contributed by atoms with Crippen molar-refractivity contribution in [1.29, 1.82) is 0 Å². The van der Waals surface area contributed by atoms with Crippen LogP contribution >= 0.6 is 0 Å². The lowest BCUT2D eigenvalue weighted by Gasteiger charge is -2.35. The van der Waals surface area contributed by atoms with Crippen LogP contribution < -0.4 is 14.9 Å². The van der Waals surface area contributed by atoms with Crippen LogP contribution in [0, 0.1) is 12.8 Å². The molecule has 1 aromatic rings. The number of aryl methyl sites for hydroxylation is 1. The van der Waals surface area contributed by atoms with E-state index in [4.69, 9.17) is 9.47 Å². The number of ether oxygens (including phenoxy) is 2. The molecule has 0 radical (unpaired) electrons. The van der Waals surface area contributed by atoms with Gasteiger partial charge in [0.25, 0.3) is 5.43 Å². The Hall–Kier alpha value is -2.25. The minimum atomic E-state index is -1.26. The molecule has 26 heavy (non-hydrogen) atoms. The van der Waals surface area contributed by atoms with Gasteiger partial charge in [-0.3, -0.25) is 14.4 Å². The number of rotatable bonds is 4. The third kappa shape index (κ3) is 4.11. The number of carbonyl (C=O) groups is 2. The quantitative estimate of drug-likeness (QED) is 0.769. The van der Waals surface area contributed by atoms with Crippen LogP contribution in [-0.2, 0) is 22.4 Å². The van der Waals surface area contributed by atoms with Crippen molar-refractivity contribution in [1.82, 2.24) is 0 Å². The molecule has 7 nitrogen and oxygen atoms in total. The highest BCUT2D eigenvalue weighted by Gasteiger charge is 2.36. The third-order valence-electron chi connectivity index (χ3n) is 4.78. The van der Waals surface area contributed by atoms with Crippen molar-refractivity contribution in [2.24, 2.45) is 5.92 Å². The van der Waals surface area contributed by atoms with E-state index in [-0.39, 0.29) is 24.0 Å². The van der Waals surface area contributed by atoms with Crippen molar-refractivity contribution in [3.63, 3.8) is 0 Å². The zero-order valence-corrected chi connectivity index (χ0v) is 15.4. The molecule has 0 amide bonds. The lowest BCUT2D eigenvalue weighted by atomic mass is 9.75. The van der Waals surface area contributed by atoms with Gasteiger partial charge in [-0.1, -0.05) is 0 Å². The molecule has 2 N–H and O–H groups in total. The van der Waals surface area contributed by atoms with Crippen molar-refractivity contribution >= 4 is 11.9 Å². The summed E-state index contributed by atoms with van der Waals surface area (Å²) >= 11 is 0. The van der Waals surface area contributed by atoms with Gasteiger partial charge in [-0.25, -0.2) is 0 Å². The fraction of sp³-hybridized carbons (Fsp3) is 0.526. The summed E-state index contributed by atoms with van der Waals surface area (Å²) < 4.78 is 10.2. The van der Waals surface area contributed by atoms with Gasteiger partial charge in [0.15, 0.2) is 11.5 Å². The zero-order chi connectivity index (χ0) is 19.6. The van der Waals surface area contributed by atoms with Gasteiger partial charge in [0.1, 0.15) is 0 Å². The number of esters is 2. The normalized spacial score (nSPS) is 18.5. The molecule has 0 saturated heterocycles. The van der Waals surface area contributed by atoms with Gasteiger partial charge in [-0.05, 0) is 56.2 Å². The van der Waals surface area contributed by atoms with Gasteiger partial charge in [-0.2, -0.15) is 0 Å². The van der Waals surface area contributed by atoms with E-state index in [1.54, 1.807) is 13.8 Å². The van der Waals surface area contributed by atoms with Crippen LogP contribution in [0.1, 0.15) is 43.9 Å². The van der Waals surface area contributed by atoms with Gasteiger partial charge >= 0.3 is 11.9 Å². The SMILES string of the molecule is CC(=O)Oc1cc(C)c2c(c(OC(C)=O)c1=O)CC[C@H](C(C)(O)CO)C2. The second-order valence-electron chi connectivity index (χ2n) is 6.95. The smallest absolute Gasteiger partial charge is 0.308 e. The number of hydrogen-bond donors (Lipinski definition) is 2. The van der Waals surface area contributed by atoms with E-state index < -0.39 is 23.0 Å². The van der Waals surface area contributed by atoms with Crippen LogP contribution in [0.3, 0.4) is 0 Å². The molecule has 0 aromatic heterocycles. The Morgan fingerprint density at radius 3 is 2.38 bits per heavy atom. The van der Waals surface area contributed by atoms with E-state index in [0.29, 0.717) is 30.4 Å². The Labute approximate surface area is 151 Å². The first-order valence-electron chi connectivity index (χ1n) is 8.46. The summed E-state index contributed by atoms with van der Waals surface area (Å²) in [4.78, 5) is 35.6. The third-order valence-corrected chi connectivity index (χ3v) is 4.78. The summed E-state index contributed by atoms with van der Waals surface area (Å²) in [6, 6.07) is 1.45. The predicted octanol–water partition coefficient (Wildman–Crippen LogP) is 1.05. The molecular formula is C19H24O7. The molecule has 0 fully saturated rings. The molecule has 1 aliphatic rings. The lowest BCUT2D eigenvalue weighted by Crippen LogP contribution is -2.41. The van der Waals surface area contributed by atoms with E-state index in [2.05, 4.69) is 0 Å². The van der Waals surface area contributed by atoms with Gasteiger partial charge < -0.3 is 19.7 Å². The van der Waals surface area contributed by atoms with E-state index in [9.17, 15) is 24.6 Å². The van der Waals surface area contributed by atoms with Crippen LogP contribution in [0.4, 0.5) is 0 Å². The molecule has 7 heteroatoms. The summed E-state index contributed by atoms with van der Waals surface area (Å²) in [6.45, 7) is 5.32. The number of aliphatic hydroxyl groups is 2. The van der Waals surface area contributed by atoms with Crippen molar-refractivity contribution in [3.8, 4) is 11.5 Å². The van der Waals surface area contributed by atoms with E-state index in [0.717, 1.165) is 5.56 Å². The lowest BCUT2D eigenvalue weighted by molar-refractivity contribution is -0.132. The van der Waals surface area contributed by atoms with Crippen LogP contribution in [-0.4, -0.2) is 34.4 Å². The Bertz CT molecular complexity index is 795. The zero-order valence-electron chi connectivity index (χ0n) is 15.4. The Kier molecular flexibility index (Phi) is 5.83. The maximum Gasteiger partial charge on any atom is 0.308 e. The summed E-state index contributed by atoms with van der Waals surface area (Å²) in [5.74, 6) is -1.87. The van der Waals surface area contributed by atoms with Gasteiger partial charge in [-0.15, -0.1) is 0 Å². The van der Waals surface area contributed by atoms with Crippen LogP contribution in [0.15, 0.2) is 10.9 Å². The van der Waals surface area contributed by atoms with E-state index >= 15 is 0 Å². The number of hydrogen-bond acceptors (Lipinski definition) is 7. The van der Waals surface area contributed by atoms with Crippen molar-refractivity contribution < 1.29 is 29.3 Å². The molecule has 1 unspecified atom stereocenters. The average molecular weight is 364 g/mol. The second-order valence-corrected chi connectivity index (χ2v) is 6.95. The van der Waals surface area contributed by atoms with E-state index in [1.165, 1.54) is 19.9 Å². The highest BCUT2D eigenvalue weighted by atomic mass is 16.5. The molecule has 0 heterocycles. The number of aliphatic hydroxyl groups excluding tert-OH is 1. The fourth-order valence-corrected chi connectivity index (χ4v) is 3.33. The summed E-state index contributed by atoms with van der Waals surface area (Å²) in [5, 5.41) is 19.9. The first-order chi connectivity index (χ1) is 12.1. The standard InChI is InChI=1S/C19H24O7/c1-10-7-16(25-11(2)21)17(23)18(26-12(3)22)14-6-5-13(8-15(10)14)19(4,24)9-20/h7,13,20,24H,5-6,8-9H2,1-4H3/t13-,19?/m0/s1. The van der Waals surface area contributed by atoms with Crippen molar-refractivity contribution in [3.05, 3.63) is 33.0 Å². The molecule has 142 valence electrons.